The molecule has 0 aliphatic carbocycles. The van der Waals surface area contributed by atoms with Crippen LogP contribution in [0, 0.1) is 11.6 Å². The van der Waals surface area contributed by atoms with Crippen LogP contribution in [0.3, 0.4) is 0 Å². The number of rotatable bonds is 5. The molecule has 0 bridgehead atoms. The first-order chi connectivity index (χ1) is 9.15. The molecule has 19 heavy (non-hydrogen) atoms. The summed E-state index contributed by atoms with van der Waals surface area (Å²) in [7, 11) is 0. The molecule has 0 aliphatic heterocycles. The Bertz CT molecular complexity index is 546. The van der Waals surface area contributed by atoms with Crippen molar-refractivity contribution in [2.45, 2.75) is 13.5 Å². The average Bonchev–Trinajstić information content (AvgIpc) is 2.89. The van der Waals surface area contributed by atoms with Crippen molar-refractivity contribution in [1.82, 2.24) is 0 Å². The molecule has 2 rings (SSSR count). The molecule has 0 unspecified atom stereocenters. The SMILES string of the molecule is CCN(Cc1cccs1)c1c(F)cc(C=O)cc1F. The fourth-order valence-electron chi connectivity index (χ4n) is 1.89. The molecule has 1 aromatic heterocycles. The molecule has 2 aromatic rings. The maximum absolute atomic E-state index is 13.9. The number of benzene rings is 1. The van der Waals surface area contributed by atoms with Gasteiger partial charge in [0.1, 0.15) is 23.6 Å². The third kappa shape index (κ3) is 2.98. The molecule has 1 aromatic carbocycles. The van der Waals surface area contributed by atoms with Crippen LogP contribution in [0.15, 0.2) is 29.6 Å². The van der Waals surface area contributed by atoms with Crippen LogP contribution >= 0.6 is 11.3 Å². The van der Waals surface area contributed by atoms with E-state index in [9.17, 15) is 13.6 Å². The zero-order valence-corrected chi connectivity index (χ0v) is 11.2. The summed E-state index contributed by atoms with van der Waals surface area (Å²) in [6, 6.07) is 5.93. The van der Waals surface area contributed by atoms with Gasteiger partial charge in [-0.1, -0.05) is 6.07 Å². The molecule has 0 spiro atoms. The third-order valence-electron chi connectivity index (χ3n) is 2.80. The van der Waals surface area contributed by atoms with Gasteiger partial charge in [-0.05, 0) is 30.5 Å². The minimum atomic E-state index is -0.708. The van der Waals surface area contributed by atoms with E-state index in [1.54, 1.807) is 4.90 Å². The summed E-state index contributed by atoms with van der Waals surface area (Å²) in [4.78, 5) is 13.2. The molecule has 0 saturated carbocycles. The Kier molecular flexibility index (Phi) is 4.27. The van der Waals surface area contributed by atoms with Crippen LogP contribution in [0.5, 0.6) is 0 Å². The van der Waals surface area contributed by atoms with E-state index >= 15 is 0 Å². The highest BCUT2D eigenvalue weighted by molar-refractivity contribution is 7.09. The van der Waals surface area contributed by atoms with E-state index in [4.69, 9.17) is 0 Å². The summed E-state index contributed by atoms with van der Waals surface area (Å²) in [6.45, 7) is 2.76. The van der Waals surface area contributed by atoms with Gasteiger partial charge in [0.2, 0.25) is 0 Å². The number of thiophene rings is 1. The predicted octanol–water partition coefficient (Wildman–Crippen LogP) is 3.87. The van der Waals surface area contributed by atoms with Crippen molar-refractivity contribution in [3.05, 3.63) is 51.7 Å². The molecule has 0 radical (unpaired) electrons. The van der Waals surface area contributed by atoms with Gasteiger partial charge in [-0.2, -0.15) is 0 Å². The summed E-state index contributed by atoms with van der Waals surface area (Å²) < 4.78 is 27.9. The van der Waals surface area contributed by atoms with Crippen molar-refractivity contribution in [2.24, 2.45) is 0 Å². The first kappa shape index (κ1) is 13.7. The maximum atomic E-state index is 13.9. The van der Waals surface area contributed by atoms with Gasteiger partial charge in [-0.15, -0.1) is 11.3 Å². The number of hydrogen-bond donors (Lipinski definition) is 0. The Labute approximate surface area is 114 Å². The van der Waals surface area contributed by atoms with E-state index < -0.39 is 11.6 Å². The molecular weight excluding hydrogens is 268 g/mol. The smallest absolute Gasteiger partial charge is 0.150 e. The van der Waals surface area contributed by atoms with Crippen LogP contribution in [-0.4, -0.2) is 12.8 Å². The Hall–Kier alpha value is -1.75. The molecular formula is C14H13F2NOS. The Morgan fingerprint density at radius 2 is 2.00 bits per heavy atom. The standard InChI is InChI=1S/C14H13F2NOS/c1-2-17(8-11-4-3-5-19-11)14-12(15)6-10(9-18)7-13(14)16/h3-7,9H,2,8H2,1H3. The first-order valence-electron chi connectivity index (χ1n) is 5.87. The largest absolute Gasteiger partial charge is 0.362 e. The molecule has 5 heteroatoms. The lowest BCUT2D eigenvalue weighted by atomic mass is 10.2. The lowest BCUT2D eigenvalue weighted by Gasteiger charge is -2.23. The number of aldehydes is 1. The number of hydrogen-bond acceptors (Lipinski definition) is 3. The average molecular weight is 281 g/mol. The lowest BCUT2D eigenvalue weighted by molar-refractivity contribution is 0.112. The minimum absolute atomic E-state index is 0.00549. The second-order valence-corrected chi connectivity index (χ2v) is 5.08. The highest BCUT2D eigenvalue weighted by Crippen LogP contribution is 2.26. The maximum Gasteiger partial charge on any atom is 0.150 e. The van der Waals surface area contributed by atoms with Crippen LogP contribution < -0.4 is 4.90 Å². The van der Waals surface area contributed by atoms with Gasteiger partial charge >= 0.3 is 0 Å². The van der Waals surface area contributed by atoms with E-state index in [2.05, 4.69) is 0 Å². The summed E-state index contributed by atoms with van der Waals surface area (Å²) in [5, 5.41) is 1.92. The number of halogens is 2. The number of nitrogens with zero attached hydrogens (tertiary/aromatic N) is 1. The van der Waals surface area contributed by atoms with Crippen molar-refractivity contribution in [2.75, 3.05) is 11.4 Å². The Balaban J connectivity index is 2.35. The second kappa shape index (κ2) is 5.93. The van der Waals surface area contributed by atoms with Crippen LogP contribution in [0.1, 0.15) is 22.2 Å². The van der Waals surface area contributed by atoms with Crippen LogP contribution in [0.4, 0.5) is 14.5 Å². The molecule has 0 amide bonds. The van der Waals surface area contributed by atoms with Gasteiger partial charge in [0, 0.05) is 17.0 Å². The number of carbonyl (C=O) groups is 1. The summed E-state index contributed by atoms with van der Waals surface area (Å²) in [5.74, 6) is -1.42. The van der Waals surface area contributed by atoms with Crippen molar-refractivity contribution in [3.8, 4) is 0 Å². The van der Waals surface area contributed by atoms with Crippen LogP contribution in [0.2, 0.25) is 0 Å². The molecule has 0 atom stereocenters. The van der Waals surface area contributed by atoms with Crippen LogP contribution in [0.25, 0.3) is 0 Å². The van der Waals surface area contributed by atoms with Gasteiger partial charge in [0.15, 0.2) is 0 Å². The highest BCUT2D eigenvalue weighted by atomic mass is 32.1. The minimum Gasteiger partial charge on any atom is -0.362 e. The van der Waals surface area contributed by atoms with Gasteiger partial charge in [0.25, 0.3) is 0 Å². The second-order valence-electron chi connectivity index (χ2n) is 4.04. The number of carbonyl (C=O) groups excluding carboxylic acids is 1. The van der Waals surface area contributed by atoms with Gasteiger partial charge in [-0.3, -0.25) is 4.79 Å². The fourth-order valence-corrected chi connectivity index (χ4v) is 2.61. The molecule has 0 aliphatic rings. The Morgan fingerprint density at radius 3 is 2.47 bits per heavy atom. The quantitative estimate of drug-likeness (QED) is 0.775. The van der Waals surface area contributed by atoms with E-state index in [-0.39, 0.29) is 11.3 Å². The molecule has 1 heterocycles. The number of anilines is 1. The topological polar surface area (TPSA) is 20.3 Å². The fraction of sp³-hybridized carbons (Fsp3) is 0.214. The molecule has 0 saturated heterocycles. The van der Waals surface area contributed by atoms with E-state index in [0.717, 1.165) is 17.0 Å². The molecule has 0 fully saturated rings. The lowest BCUT2D eigenvalue weighted by Crippen LogP contribution is -2.24. The van der Waals surface area contributed by atoms with Crippen molar-refractivity contribution >= 4 is 23.3 Å². The zero-order chi connectivity index (χ0) is 13.8. The zero-order valence-electron chi connectivity index (χ0n) is 10.4. The van der Waals surface area contributed by atoms with E-state index in [1.165, 1.54) is 11.3 Å². The van der Waals surface area contributed by atoms with Crippen molar-refractivity contribution in [3.63, 3.8) is 0 Å². The third-order valence-corrected chi connectivity index (χ3v) is 3.66. The van der Waals surface area contributed by atoms with E-state index in [1.807, 2.05) is 24.4 Å². The summed E-state index contributed by atoms with van der Waals surface area (Å²) in [6.07, 6.45) is 0.436. The van der Waals surface area contributed by atoms with E-state index in [0.29, 0.717) is 19.4 Å². The highest BCUT2D eigenvalue weighted by Gasteiger charge is 2.17. The monoisotopic (exact) mass is 281 g/mol. The molecule has 0 N–H and O–H groups in total. The van der Waals surface area contributed by atoms with Crippen LogP contribution in [-0.2, 0) is 6.54 Å². The summed E-state index contributed by atoms with van der Waals surface area (Å²) in [5.41, 5.74) is -0.0765. The molecule has 100 valence electrons. The first-order valence-corrected chi connectivity index (χ1v) is 6.75. The Morgan fingerprint density at radius 1 is 1.32 bits per heavy atom. The normalized spacial score (nSPS) is 10.5. The van der Waals surface area contributed by atoms with Crippen molar-refractivity contribution in [1.29, 1.82) is 0 Å². The van der Waals surface area contributed by atoms with Gasteiger partial charge in [-0.25, -0.2) is 8.78 Å². The van der Waals surface area contributed by atoms with Gasteiger partial charge < -0.3 is 4.90 Å². The van der Waals surface area contributed by atoms with Gasteiger partial charge in [0.05, 0.1) is 6.54 Å². The predicted molar refractivity (Wildman–Crippen MR) is 72.8 cm³/mol. The molecule has 2 nitrogen and oxygen atoms in total. The summed E-state index contributed by atoms with van der Waals surface area (Å²) >= 11 is 1.54. The van der Waals surface area contributed by atoms with Crippen molar-refractivity contribution < 1.29 is 13.6 Å².